The van der Waals surface area contributed by atoms with Gasteiger partial charge in [-0.25, -0.2) is 17.8 Å². The number of imidazole rings is 1. The second kappa shape index (κ2) is 7.05. The average molecular weight is 388 g/mol. The number of rotatable bonds is 5. The molecule has 0 bridgehead atoms. The van der Waals surface area contributed by atoms with Gasteiger partial charge in [-0.3, -0.25) is 0 Å². The molecule has 2 aromatic carbocycles. The van der Waals surface area contributed by atoms with Gasteiger partial charge in [-0.1, -0.05) is 30.3 Å². The van der Waals surface area contributed by atoms with Crippen LogP contribution in [0.4, 0.5) is 4.39 Å². The Balaban J connectivity index is 1.67. The van der Waals surface area contributed by atoms with Crippen LogP contribution in [-0.4, -0.2) is 34.6 Å². The molecule has 1 aliphatic rings. The predicted molar refractivity (Wildman–Crippen MR) is 102 cm³/mol. The van der Waals surface area contributed by atoms with E-state index in [-0.39, 0.29) is 29.5 Å². The Morgan fingerprint density at radius 1 is 1.19 bits per heavy atom. The fourth-order valence-electron chi connectivity index (χ4n) is 3.79. The van der Waals surface area contributed by atoms with Gasteiger partial charge < -0.3 is 9.67 Å². The second-order valence-corrected chi connectivity index (χ2v) is 9.37. The highest BCUT2D eigenvalue weighted by Gasteiger charge is 2.29. The first-order valence-electron chi connectivity index (χ1n) is 9.00. The van der Waals surface area contributed by atoms with Gasteiger partial charge in [0.05, 0.1) is 35.2 Å². The van der Waals surface area contributed by atoms with Crippen LogP contribution in [-0.2, 0) is 22.8 Å². The minimum Gasteiger partial charge on any atom is -0.386 e. The van der Waals surface area contributed by atoms with Crippen LogP contribution in [0.25, 0.3) is 11.0 Å². The maximum atomic E-state index is 14.0. The zero-order valence-corrected chi connectivity index (χ0v) is 15.6. The Morgan fingerprint density at radius 3 is 2.67 bits per heavy atom. The molecule has 142 valence electrons. The van der Waals surface area contributed by atoms with Crippen LogP contribution in [0.5, 0.6) is 0 Å². The van der Waals surface area contributed by atoms with Gasteiger partial charge in [-0.05, 0) is 30.5 Å². The number of nitrogens with zero attached hydrogens (tertiary/aromatic N) is 2. The lowest BCUT2D eigenvalue weighted by molar-refractivity contribution is 0.152. The summed E-state index contributed by atoms with van der Waals surface area (Å²) in [7, 11) is -2.97. The number of aliphatic hydroxyl groups excluding tert-OH is 1. The molecule has 5 nitrogen and oxygen atoms in total. The number of aromatic nitrogens is 2. The molecule has 0 saturated carbocycles. The van der Waals surface area contributed by atoms with Crippen LogP contribution in [0.3, 0.4) is 0 Å². The van der Waals surface area contributed by atoms with Gasteiger partial charge in [-0.15, -0.1) is 0 Å². The molecule has 1 fully saturated rings. The summed E-state index contributed by atoms with van der Waals surface area (Å²) in [5, 5.41) is 10.6. The summed E-state index contributed by atoms with van der Waals surface area (Å²) in [5.41, 5.74) is 1.88. The minimum atomic E-state index is -2.97. The van der Waals surface area contributed by atoms with Crippen molar-refractivity contribution in [2.24, 2.45) is 5.92 Å². The molecule has 2 atom stereocenters. The van der Waals surface area contributed by atoms with Gasteiger partial charge in [0, 0.05) is 12.0 Å². The number of hydrogen-bond donors (Lipinski definition) is 1. The SMILES string of the molecule is O=S1(=O)CC[C@H](Cc2nc3ccccc3n2C[C@@H](O)c2ccccc2F)C1. The van der Waals surface area contributed by atoms with Crippen molar-refractivity contribution in [3.63, 3.8) is 0 Å². The lowest BCUT2D eigenvalue weighted by Crippen LogP contribution is -2.16. The fraction of sp³-hybridized carbons (Fsp3) is 0.350. The van der Waals surface area contributed by atoms with Crippen molar-refractivity contribution in [2.45, 2.75) is 25.5 Å². The van der Waals surface area contributed by atoms with Gasteiger partial charge in [-0.2, -0.15) is 0 Å². The van der Waals surface area contributed by atoms with E-state index in [0.29, 0.717) is 12.8 Å². The minimum absolute atomic E-state index is 0.0242. The van der Waals surface area contributed by atoms with Crippen molar-refractivity contribution in [2.75, 3.05) is 11.5 Å². The molecular weight excluding hydrogens is 367 g/mol. The van der Waals surface area contributed by atoms with Crippen LogP contribution < -0.4 is 0 Å². The summed E-state index contributed by atoms with van der Waals surface area (Å²) in [6.45, 7) is 0.163. The van der Waals surface area contributed by atoms with Crippen molar-refractivity contribution in [3.8, 4) is 0 Å². The van der Waals surface area contributed by atoms with Crippen LogP contribution in [0.15, 0.2) is 48.5 Å². The Bertz CT molecular complexity index is 1080. The van der Waals surface area contributed by atoms with Crippen molar-refractivity contribution < 1.29 is 17.9 Å². The van der Waals surface area contributed by atoms with Gasteiger partial charge in [0.15, 0.2) is 9.84 Å². The molecule has 1 aromatic heterocycles. The van der Waals surface area contributed by atoms with Gasteiger partial charge >= 0.3 is 0 Å². The van der Waals surface area contributed by atoms with Crippen molar-refractivity contribution in [1.29, 1.82) is 0 Å². The summed E-state index contributed by atoms with van der Waals surface area (Å²) in [6.07, 6.45) is 0.133. The third kappa shape index (κ3) is 3.75. The highest BCUT2D eigenvalue weighted by atomic mass is 32.2. The summed E-state index contributed by atoms with van der Waals surface area (Å²) in [5.74, 6) is 0.699. The Kier molecular flexibility index (Phi) is 4.74. The summed E-state index contributed by atoms with van der Waals surface area (Å²) in [4.78, 5) is 4.66. The van der Waals surface area contributed by atoms with Gasteiger partial charge in [0.2, 0.25) is 0 Å². The fourth-order valence-corrected chi connectivity index (χ4v) is 5.65. The highest BCUT2D eigenvalue weighted by molar-refractivity contribution is 7.91. The van der Waals surface area contributed by atoms with E-state index in [9.17, 15) is 17.9 Å². The van der Waals surface area contributed by atoms with E-state index in [2.05, 4.69) is 4.98 Å². The Labute approximate surface area is 157 Å². The zero-order valence-electron chi connectivity index (χ0n) is 14.8. The standard InChI is InChI=1S/C20H21FN2O3S/c21-16-6-2-1-5-15(16)19(24)12-23-18-8-4-3-7-17(18)22-20(23)11-14-9-10-27(25,26)13-14/h1-8,14,19,24H,9-13H2/t14-,19-/m1/s1. The Morgan fingerprint density at radius 2 is 1.93 bits per heavy atom. The molecule has 0 radical (unpaired) electrons. The topological polar surface area (TPSA) is 72.2 Å². The number of fused-ring (bicyclic) bond motifs is 1. The third-order valence-corrected chi connectivity index (χ3v) is 6.99. The van der Waals surface area contributed by atoms with Crippen molar-refractivity contribution >= 4 is 20.9 Å². The molecular formula is C20H21FN2O3S. The highest BCUT2D eigenvalue weighted by Crippen LogP contribution is 2.27. The number of benzene rings is 2. The maximum absolute atomic E-state index is 14.0. The molecule has 2 heterocycles. The molecule has 0 spiro atoms. The quantitative estimate of drug-likeness (QED) is 0.730. The number of para-hydroxylation sites is 2. The van der Waals surface area contributed by atoms with Gasteiger partial charge in [0.1, 0.15) is 11.6 Å². The number of hydrogen-bond acceptors (Lipinski definition) is 4. The van der Waals surface area contributed by atoms with Crippen LogP contribution in [0.1, 0.15) is 23.9 Å². The van der Waals surface area contributed by atoms with Crippen LogP contribution in [0, 0.1) is 11.7 Å². The molecule has 0 unspecified atom stereocenters. The largest absolute Gasteiger partial charge is 0.386 e. The number of aliphatic hydroxyl groups is 1. The number of halogens is 1. The lowest BCUT2D eigenvalue weighted by atomic mass is 10.0. The summed E-state index contributed by atoms with van der Waals surface area (Å²) < 4.78 is 39.5. The Hall–Kier alpha value is -2.25. The smallest absolute Gasteiger partial charge is 0.150 e. The van der Waals surface area contributed by atoms with Crippen molar-refractivity contribution in [1.82, 2.24) is 9.55 Å². The first-order chi connectivity index (χ1) is 12.9. The van der Waals surface area contributed by atoms with E-state index in [1.807, 2.05) is 28.8 Å². The van der Waals surface area contributed by atoms with Crippen LogP contribution in [0.2, 0.25) is 0 Å². The molecule has 1 N–H and O–H groups in total. The van der Waals surface area contributed by atoms with E-state index < -0.39 is 21.8 Å². The molecule has 4 rings (SSSR count). The van der Waals surface area contributed by atoms with E-state index in [0.717, 1.165) is 16.9 Å². The monoisotopic (exact) mass is 388 g/mol. The van der Waals surface area contributed by atoms with Crippen LogP contribution >= 0.6 is 0 Å². The maximum Gasteiger partial charge on any atom is 0.150 e. The average Bonchev–Trinajstić information content (AvgIpc) is 3.15. The van der Waals surface area contributed by atoms with E-state index in [1.54, 1.807) is 18.2 Å². The number of sulfone groups is 1. The lowest BCUT2D eigenvalue weighted by Gasteiger charge is -2.17. The molecule has 0 aliphatic carbocycles. The van der Waals surface area contributed by atoms with Crippen molar-refractivity contribution in [3.05, 3.63) is 65.7 Å². The van der Waals surface area contributed by atoms with E-state index in [1.165, 1.54) is 6.07 Å². The molecule has 1 saturated heterocycles. The molecule has 7 heteroatoms. The molecule has 0 amide bonds. The molecule has 27 heavy (non-hydrogen) atoms. The van der Waals surface area contributed by atoms with Gasteiger partial charge in [0.25, 0.3) is 0 Å². The summed E-state index contributed by atoms with van der Waals surface area (Å²) in [6, 6.07) is 13.7. The second-order valence-electron chi connectivity index (χ2n) is 7.14. The zero-order chi connectivity index (χ0) is 19.0. The normalized spacial score (nSPS) is 20.1. The predicted octanol–water partition coefficient (Wildman–Crippen LogP) is 2.89. The van der Waals surface area contributed by atoms with E-state index in [4.69, 9.17) is 0 Å². The third-order valence-electron chi connectivity index (χ3n) is 5.15. The first-order valence-corrected chi connectivity index (χ1v) is 10.8. The van der Waals surface area contributed by atoms with E-state index >= 15 is 0 Å². The summed E-state index contributed by atoms with van der Waals surface area (Å²) >= 11 is 0. The molecule has 1 aliphatic heterocycles. The first kappa shape index (κ1) is 18.1. The molecule has 3 aromatic rings.